The van der Waals surface area contributed by atoms with Gasteiger partial charge in [-0.3, -0.25) is 4.90 Å². The fraction of sp³-hybridized carbons (Fsp3) is 0.538. The molecule has 1 aromatic carbocycles. The lowest BCUT2D eigenvalue weighted by molar-refractivity contribution is 0.197. The molecule has 1 N–H and O–H groups in total. The van der Waals surface area contributed by atoms with Gasteiger partial charge in [0.2, 0.25) is 0 Å². The normalized spacial score (nSPS) is 21.5. The van der Waals surface area contributed by atoms with Gasteiger partial charge >= 0.3 is 0 Å². The molecule has 1 fully saturated rings. The number of piperazine rings is 1. The van der Waals surface area contributed by atoms with Crippen molar-refractivity contribution in [3.8, 4) is 5.75 Å². The third-order valence-electron chi connectivity index (χ3n) is 3.10. The number of nitrogens with zero attached hydrogens (tertiary/aromatic N) is 1. The zero-order chi connectivity index (χ0) is 12.3. The van der Waals surface area contributed by atoms with Gasteiger partial charge in [-0.2, -0.15) is 0 Å². The van der Waals surface area contributed by atoms with Crippen LogP contribution in [0.2, 0.25) is 0 Å². The van der Waals surface area contributed by atoms with Crippen molar-refractivity contribution in [2.45, 2.75) is 19.5 Å². The minimum atomic E-state index is 0.571. The van der Waals surface area contributed by atoms with Gasteiger partial charge in [0.15, 0.2) is 0 Å². The number of hydrogen-bond acceptors (Lipinski definition) is 3. The summed E-state index contributed by atoms with van der Waals surface area (Å²) in [5, 5.41) is 3.46. The van der Waals surface area contributed by atoms with Gasteiger partial charge in [0.1, 0.15) is 5.75 Å². The summed E-state index contributed by atoms with van der Waals surface area (Å²) in [4.78, 5) is 2.46. The summed E-state index contributed by atoms with van der Waals surface area (Å²) in [5.74, 6) is 0.957. The minimum absolute atomic E-state index is 0.571. The molecule has 4 heteroatoms. The number of methoxy groups -OCH3 is 1. The first kappa shape index (κ1) is 12.9. The van der Waals surface area contributed by atoms with Crippen molar-refractivity contribution in [3.05, 3.63) is 28.2 Å². The number of benzene rings is 1. The van der Waals surface area contributed by atoms with E-state index in [9.17, 15) is 0 Å². The molecule has 1 saturated heterocycles. The fourth-order valence-corrected chi connectivity index (χ4v) is 2.87. The third kappa shape index (κ3) is 3.21. The second kappa shape index (κ2) is 5.85. The molecule has 0 amide bonds. The maximum atomic E-state index is 5.46. The molecule has 0 aromatic heterocycles. The highest BCUT2D eigenvalue weighted by atomic mass is 79.9. The maximum Gasteiger partial charge on any atom is 0.137 e. The molecule has 0 radical (unpaired) electrons. The largest absolute Gasteiger partial charge is 0.495 e. The standard InChI is InChI=1S/C13H19BrN2O/c1-10-8-16(7-6-15-10)9-11-4-3-5-12(14)13(11)17-2/h3-5,10,15H,6-9H2,1-2H3/t10-/m1/s1. The van der Waals surface area contributed by atoms with Crippen LogP contribution in [0.25, 0.3) is 0 Å². The van der Waals surface area contributed by atoms with E-state index in [0.29, 0.717) is 6.04 Å². The monoisotopic (exact) mass is 298 g/mol. The lowest BCUT2D eigenvalue weighted by Gasteiger charge is -2.32. The summed E-state index contributed by atoms with van der Waals surface area (Å²) < 4.78 is 6.48. The molecule has 1 aromatic rings. The number of para-hydroxylation sites is 1. The van der Waals surface area contributed by atoms with E-state index < -0.39 is 0 Å². The first-order chi connectivity index (χ1) is 8.20. The van der Waals surface area contributed by atoms with Crippen LogP contribution in [-0.4, -0.2) is 37.7 Å². The first-order valence-electron chi connectivity index (χ1n) is 5.98. The molecule has 2 rings (SSSR count). The van der Waals surface area contributed by atoms with Gasteiger partial charge in [0.25, 0.3) is 0 Å². The van der Waals surface area contributed by atoms with Crippen LogP contribution < -0.4 is 10.1 Å². The van der Waals surface area contributed by atoms with Gasteiger partial charge in [-0.05, 0) is 28.9 Å². The molecule has 0 bridgehead atoms. The molecule has 3 nitrogen and oxygen atoms in total. The highest BCUT2D eigenvalue weighted by Crippen LogP contribution is 2.29. The predicted molar refractivity (Wildman–Crippen MR) is 73.4 cm³/mol. The molecule has 1 aliphatic heterocycles. The molecule has 94 valence electrons. The Kier molecular flexibility index (Phi) is 4.42. The average Bonchev–Trinajstić information content (AvgIpc) is 2.29. The van der Waals surface area contributed by atoms with Gasteiger partial charge in [-0.1, -0.05) is 12.1 Å². The van der Waals surface area contributed by atoms with Crippen LogP contribution in [0.3, 0.4) is 0 Å². The number of ether oxygens (including phenoxy) is 1. The van der Waals surface area contributed by atoms with Crippen LogP contribution in [0, 0.1) is 0 Å². The molecule has 1 aliphatic rings. The predicted octanol–water partition coefficient (Wildman–Crippen LogP) is 2.25. The van der Waals surface area contributed by atoms with Gasteiger partial charge in [-0.15, -0.1) is 0 Å². The lowest BCUT2D eigenvalue weighted by atomic mass is 10.1. The highest BCUT2D eigenvalue weighted by Gasteiger charge is 2.17. The van der Waals surface area contributed by atoms with Crippen LogP contribution in [-0.2, 0) is 6.54 Å². The quantitative estimate of drug-likeness (QED) is 0.926. The molecule has 0 unspecified atom stereocenters. The molecule has 17 heavy (non-hydrogen) atoms. The molecule has 0 saturated carbocycles. The molecular weight excluding hydrogens is 280 g/mol. The Balaban J connectivity index is 2.10. The summed E-state index contributed by atoms with van der Waals surface area (Å²) in [5.41, 5.74) is 1.25. The van der Waals surface area contributed by atoms with Crippen LogP contribution in [0.15, 0.2) is 22.7 Å². The molecule has 0 aliphatic carbocycles. The van der Waals surface area contributed by atoms with E-state index in [4.69, 9.17) is 4.74 Å². The average molecular weight is 299 g/mol. The van der Waals surface area contributed by atoms with Crippen molar-refractivity contribution in [3.63, 3.8) is 0 Å². The van der Waals surface area contributed by atoms with Crippen molar-refractivity contribution >= 4 is 15.9 Å². The van der Waals surface area contributed by atoms with E-state index in [0.717, 1.165) is 36.4 Å². The van der Waals surface area contributed by atoms with Crippen LogP contribution in [0.4, 0.5) is 0 Å². The maximum absolute atomic E-state index is 5.46. The number of hydrogen-bond donors (Lipinski definition) is 1. The van der Waals surface area contributed by atoms with Crippen molar-refractivity contribution in [1.29, 1.82) is 0 Å². The van der Waals surface area contributed by atoms with Crippen molar-refractivity contribution < 1.29 is 4.74 Å². The van der Waals surface area contributed by atoms with E-state index in [1.807, 2.05) is 6.07 Å². The van der Waals surface area contributed by atoms with Gasteiger partial charge < -0.3 is 10.1 Å². The molecule has 1 heterocycles. The number of rotatable bonds is 3. The molecule has 0 spiro atoms. The second-order valence-electron chi connectivity index (χ2n) is 4.52. The zero-order valence-electron chi connectivity index (χ0n) is 10.4. The van der Waals surface area contributed by atoms with Crippen molar-refractivity contribution in [1.82, 2.24) is 10.2 Å². The Bertz CT molecular complexity index is 384. The Morgan fingerprint density at radius 1 is 1.53 bits per heavy atom. The number of nitrogens with one attached hydrogen (secondary N) is 1. The lowest BCUT2D eigenvalue weighted by Crippen LogP contribution is -2.48. The molecular formula is C13H19BrN2O. The van der Waals surface area contributed by atoms with Crippen molar-refractivity contribution in [2.24, 2.45) is 0 Å². The Morgan fingerprint density at radius 2 is 2.35 bits per heavy atom. The Labute approximate surface area is 111 Å². The summed E-state index contributed by atoms with van der Waals surface area (Å²) in [6.45, 7) is 6.44. The number of halogens is 1. The smallest absolute Gasteiger partial charge is 0.137 e. The summed E-state index contributed by atoms with van der Waals surface area (Å²) in [7, 11) is 1.73. The van der Waals surface area contributed by atoms with E-state index >= 15 is 0 Å². The third-order valence-corrected chi connectivity index (χ3v) is 3.72. The molecule has 1 atom stereocenters. The fourth-order valence-electron chi connectivity index (χ4n) is 2.30. The zero-order valence-corrected chi connectivity index (χ0v) is 12.0. The second-order valence-corrected chi connectivity index (χ2v) is 5.38. The summed E-state index contributed by atoms with van der Waals surface area (Å²) >= 11 is 3.53. The summed E-state index contributed by atoms with van der Waals surface area (Å²) in [6.07, 6.45) is 0. The topological polar surface area (TPSA) is 24.5 Å². The minimum Gasteiger partial charge on any atom is -0.495 e. The SMILES string of the molecule is COc1c(Br)cccc1CN1CCN[C@H](C)C1. The Hall–Kier alpha value is -0.580. The Morgan fingerprint density at radius 3 is 3.06 bits per heavy atom. The van der Waals surface area contributed by atoms with Crippen molar-refractivity contribution in [2.75, 3.05) is 26.7 Å². The van der Waals surface area contributed by atoms with Crippen LogP contribution in [0.1, 0.15) is 12.5 Å². The van der Waals surface area contributed by atoms with E-state index in [2.05, 4.69) is 45.2 Å². The van der Waals surface area contributed by atoms with Crippen LogP contribution in [0.5, 0.6) is 5.75 Å². The van der Waals surface area contributed by atoms with Gasteiger partial charge in [0, 0.05) is 37.8 Å². The van der Waals surface area contributed by atoms with Gasteiger partial charge in [-0.25, -0.2) is 0 Å². The van der Waals surface area contributed by atoms with E-state index in [-0.39, 0.29) is 0 Å². The van der Waals surface area contributed by atoms with Crippen LogP contribution >= 0.6 is 15.9 Å². The summed E-state index contributed by atoms with van der Waals surface area (Å²) in [6, 6.07) is 6.79. The van der Waals surface area contributed by atoms with E-state index in [1.54, 1.807) is 7.11 Å². The first-order valence-corrected chi connectivity index (χ1v) is 6.77. The highest BCUT2D eigenvalue weighted by molar-refractivity contribution is 9.10. The van der Waals surface area contributed by atoms with E-state index in [1.165, 1.54) is 5.56 Å². The van der Waals surface area contributed by atoms with Gasteiger partial charge in [0.05, 0.1) is 11.6 Å².